The molecular formula is C19H22N6O. The standard InChI is InChI=1S/C19H22N6O/c26-19(14-24-9-7-18-16(13-24)11-21-23-18)20-8-6-15-10-22-25(12-15)17-4-2-1-3-5-17/h1-5,10-12H,6-9,13-14H2,(H,20,26)(H,21,23). The number of carbonyl (C=O) groups excluding carboxylic acids is 1. The minimum Gasteiger partial charge on any atom is -0.355 e. The van der Waals surface area contributed by atoms with E-state index in [0.29, 0.717) is 13.1 Å². The third-order valence-corrected chi connectivity index (χ3v) is 4.64. The van der Waals surface area contributed by atoms with Gasteiger partial charge in [0.2, 0.25) is 5.91 Å². The van der Waals surface area contributed by atoms with E-state index in [4.69, 9.17) is 0 Å². The molecule has 1 aromatic carbocycles. The predicted octanol–water partition coefficient (Wildman–Crippen LogP) is 1.31. The second-order valence-electron chi connectivity index (χ2n) is 6.56. The third-order valence-electron chi connectivity index (χ3n) is 4.64. The summed E-state index contributed by atoms with van der Waals surface area (Å²) in [5.74, 6) is 0.0624. The monoisotopic (exact) mass is 350 g/mol. The average molecular weight is 350 g/mol. The highest BCUT2D eigenvalue weighted by atomic mass is 16.2. The van der Waals surface area contributed by atoms with Crippen molar-refractivity contribution in [1.29, 1.82) is 0 Å². The Hall–Kier alpha value is -2.93. The van der Waals surface area contributed by atoms with Crippen LogP contribution in [0.4, 0.5) is 0 Å². The quantitative estimate of drug-likeness (QED) is 0.703. The van der Waals surface area contributed by atoms with Crippen molar-refractivity contribution in [3.63, 3.8) is 0 Å². The predicted molar refractivity (Wildman–Crippen MR) is 97.8 cm³/mol. The molecule has 0 unspecified atom stereocenters. The van der Waals surface area contributed by atoms with Gasteiger partial charge in [-0.25, -0.2) is 4.68 Å². The van der Waals surface area contributed by atoms with Gasteiger partial charge in [-0.15, -0.1) is 0 Å². The van der Waals surface area contributed by atoms with Crippen molar-refractivity contribution in [2.24, 2.45) is 0 Å². The number of hydrogen-bond acceptors (Lipinski definition) is 4. The summed E-state index contributed by atoms with van der Waals surface area (Å²) in [6.45, 7) is 2.70. The Kier molecular flexibility index (Phi) is 4.79. The molecule has 3 aromatic rings. The van der Waals surface area contributed by atoms with E-state index in [2.05, 4.69) is 25.5 Å². The van der Waals surface area contributed by atoms with E-state index in [1.807, 2.05) is 53.6 Å². The normalized spacial score (nSPS) is 14.2. The van der Waals surface area contributed by atoms with E-state index < -0.39 is 0 Å². The molecule has 0 fully saturated rings. The Labute approximate surface area is 152 Å². The molecule has 1 aliphatic heterocycles. The van der Waals surface area contributed by atoms with Crippen molar-refractivity contribution in [3.8, 4) is 5.69 Å². The summed E-state index contributed by atoms with van der Waals surface area (Å²) in [5.41, 5.74) is 4.52. The van der Waals surface area contributed by atoms with Crippen molar-refractivity contribution in [2.75, 3.05) is 19.6 Å². The van der Waals surface area contributed by atoms with E-state index in [9.17, 15) is 4.79 Å². The van der Waals surface area contributed by atoms with E-state index in [-0.39, 0.29) is 5.91 Å². The number of aromatic amines is 1. The number of benzene rings is 1. The van der Waals surface area contributed by atoms with Gasteiger partial charge in [0.25, 0.3) is 0 Å². The molecule has 0 aliphatic carbocycles. The second kappa shape index (κ2) is 7.53. The van der Waals surface area contributed by atoms with Crippen LogP contribution in [0.25, 0.3) is 5.69 Å². The molecule has 7 nitrogen and oxygen atoms in total. The molecule has 134 valence electrons. The summed E-state index contributed by atoms with van der Waals surface area (Å²) < 4.78 is 1.85. The maximum absolute atomic E-state index is 12.2. The zero-order chi connectivity index (χ0) is 17.8. The van der Waals surface area contributed by atoms with Crippen LogP contribution in [-0.4, -0.2) is 50.4 Å². The van der Waals surface area contributed by atoms with Crippen molar-refractivity contribution < 1.29 is 4.79 Å². The lowest BCUT2D eigenvalue weighted by Gasteiger charge is -2.25. The maximum Gasteiger partial charge on any atom is 0.234 e. The zero-order valence-corrected chi connectivity index (χ0v) is 14.6. The van der Waals surface area contributed by atoms with Gasteiger partial charge in [-0.05, 0) is 24.1 Å². The molecule has 0 radical (unpaired) electrons. The number of nitrogens with one attached hydrogen (secondary N) is 2. The highest BCUT2D eigenvalue weighted by Gasteiger charge is 2.19. The van der Waals surface area contributed by atoms with Crippen molar-refractivity contribution in [3.05, 3.63) is 65.7 Å². The van der Waals surface area contributed by atoms with E-state index in [1.54, 1.807) is 0 Å². The fourth-order valence-corrected chi connectivity index (χ4v) is 3.23. The summed E-state index contributed by atoms with van der Waals surface area (Å²) in [6.07, 6.45) is 7.40. The number of para-hydroxylation sites is 1. The van der Waals surface area contributed by atoms with Crippen LogP contribution in [0.1, 0.15) is 16.8 Å². The Bertz CT molecular complexity index is 869. The molecule has 0 saturated heterocycles. The largest absolute Gasteiger partial charge is 0.355 e. The van der Waals surface area contributed by atoms with Gasteiger partial charge >= 0.3 is 0 Å². The number of hydrogen-bond donors (Lipinski definition) is 2. The summed E-state index contributed by atoms with van der Waals surface area (Å²) >= 11 is 0. The molecule has 0 bridgehead atoms. The van der Waals surface area contributed by atoms with Crippen LogP contribution in [0.3, 0.4) is 0 Å². The first-order chi connectivity index (χ1) is 12.8. The van der Waals surface area contributed by atoms with Crippen LogP contribution >= 0.6 is 0 Å². The van der Waals surface area contributed by atoms with Gasteiger partial charge in [-0.3, -0.25) is 14.8 Å². The fourth-order valence-electron chi connectivity index (χ4n) is 3.23. The average Bonchev–Trinajstić information content (AvgIpc) is 3.31. The Morgan fingerprint density at radius 1 is 1.23 bits per heavy atom. The minimum absolute atomic E-state index is 0.0624. The molecule has 1 aliphatic rings. The van der Waals surface area contributed by atoms with Gasteiger partial charge in [0.1, 0.15) is 0 Å². The lowest BCUT2D eigenvalue weighted by atomic mass is 10.1. The van der Waals surface area contributed by atoms with E-state index in [0.717, 1.165) is 37.2 Å². The highest BCUT2D eigenvalue weighted by molar-refractivity contribution is 5.78. The Balaban J connectivity index is 1.23. The summed E-state index contributed by atoms with van der Waals surface area (Å²) in [4.78, 5) is 14.3. The first-order valence-corrected chi connectivity index (χ1v) is 8.87. The van der Waals surface area contributed by atoms with Crippen molar-refractivity contribution in [1.82, 2.24) is 30.2 Å². The number of carbonyl (C=O) groups is 1. The number of aromatic nitrogens is 4. The van der Waals surface area contributed by atoms with Crippen LogP contribution in [0.2, 0.25) is 0 Å². The first-order valence-electron chi connectivity index (χ1n) is 8.87. The smallest absolute Gasteiger partial charge is 0.234 e. The van der Waals surface area contributed by atoms with Crippen LogP contribution < -0.4 is 5.32 Å². The zero-order valence-electron chi connectivity index (χ0n) is 14.6. The van der Waals surface area contributed by atoms with Gasteiger partial charge in [0.15, 0.2) is 0 Å². The van der Waals surface area contributed by atoms with Gasteiger partial charge in [0.05, 0.1) is 24.6 Å². The van der Waals surface area contributed by atoms with E-state index in [1.165, 1.54) is 11.3 Å². The summed E-state index contributed by atoms with van der Waals surface area (Å²) in [6, 6.07) is 10.00. The van der Waals surface area contributed by atoms with Gasteiger partial charge in [-0.2, -0.15) is 10.2 Å². The van der Waals surface area contributed by atoms with Crippen LogP contribution in [-0.2, 0) is 24.2 Å². The molecule has 0 saturated carbocycles. The molecule has 0 spiro atoms. The summed E-state index contributed by atoms with van der Waals surface area (Å²) in [7, 11) is 0. The maximum atomic E-state index is 12.2. The SMILES string of the molecule is O=C(CN1CCc2[nH]ncc2C1)NCCc1cnn(-c2ccccc2)c1. The van der Waals surface area contributed by atoms with Crippen molar-refractivity contribution in [2.45, 2.75) is 19.4 Å². The van der Waals surface area contributed by atoms with Crippen LogP contribution in [0.5, 0.6) is 0 Å². The number of nitrogens with zero attached hydrogens (tertiary/aromatic N) is 4. The van der Waals surface area contributed by atoms with Crippen molar-refractivity contribution >= 4 is 5.91 Å². The van der Waals surface area contributed by atoms with Crippen LogP contribution in [0, 0.1) is 0 Å². The lowest BCUT2D eigenvalue weighted by molar-refractivity contribution is -0.122. The second-order valence-corrected chi connectivity index (χ2v) is 6.56. The summed E-state index contributed by atoms with van der Waals surface area (Å²) in [5, 5.41) is 14.5. The minimum atomic E-state index is 0.0624. The van der Waals surface area contributed by atoms with Gasteiger partial charge in [0, 0.05) is 43.5 Å². The highest BCUT2D eigenvalue weighted by Crippen LogP contribution is 2.15. The number of amides is 1. The van der Waals surface area contributed by atoms with Crippen LogP contribution in [0.15, 0.2) is 48.9 Å². The molecule has 2 aromatic heterocycles. The molecule has 1 amide bonds. The number of H-pyrrole nitrogens is 1. The molecule has 0 atom stereocenters. The number of rotatable bonds is 6. The Morgan fingerprint density at radius 3 is 3.00 bits per heavy atom. The third kappa shape index (κ3) is 3.83. The fraction of sp³-hybridized carbons (Fsp3) is 0.316. The molecule has 2 N–H and O–H groups in total. The topological polar surface area (TPSA) is 78.8 Å². The van der Waals surface area contributed by atoms with E-state index >= 15 is 0 Å². The first kappa shape index (κ1) is 16.5. The van der Waals surface area contributed by atoms with Gasteiger partial charge in [-0.1, -0.05) is 18.2 Å². The van der Waals surface area contributed by atoms with Gasteiger partial charge < -0.3 is 5.32 Å². The lowest BCUT2D eigenvalue weighted by Crippen LogP contribution is -2.40. The molecule has 3 heterocycles. The molecule has 7 heteroatoms. The molecule has 4 rings (SSSR count). The number of fused-ring (bicyclic) bond motifs is 1. The Morgan fingerprint density at radius 2 is 2.12 bits per heavy atom. The molecular weight excluding hydrogens is 328 g/mol. The molecule has 26 heavy (non-hydrogen) atoms.